The Balaban J connectivity index is 2.18. The Hall–Kier alpha value is -0.610. The van der Waals surface area contributed by atoms with Gasteiger partial charge in [-0.15, -0.1) is 0 Å². The molecule has 4 heteroatoms. The minimum atomic E-state index is -1.08. The lowest BCUT2D eigenvalue weighted by Crippen LogP contribution is -2.27. The molecule has 0 N–H and O–H groups in total. The van der Waals surface area contributed by atoms with Gasteiger partial charge >= 0.3 is 11.8 Å². The van der Waals surface area contributed by atoms with Crippen molar-refractivity contribution in [2.24, 2.45) is 5.41 Å². The maximum Gasteiger partial charge on any atom is 0.372 e. The van der Waals surface area contributed by atoms with Crippen molar-refractivity contribution in [1.82, 2.24) is 0 Å². The largest absolute Gasteiger partial charge is 0.462 e. The Morgan fingerprint density at radius 2 is 1.83 bits per heavy atom. The molecule has 1 aliphatic heterocycles. The van der Waals surface area contributed by atoms with E-state index in [2.05, 4.69) is 27.7 Å². The molecule has 0 atom stereocenters. The van der Waals surface area contributed by atoms with Gasteiger partial charge in [0.25, 0.3) is 0 Å². The van der Waals surface area contributed by atoms with E-state index in [-0.39, 0.29) is 5.97 Å². The first kappa shape index (κ1) is 15.4. The molecule has 1 aliphatic rings. The highest BCUT2D eigenvalue weighted by Crippen LogP contribution is 2.37. The third-order valence-corrected chi connectivity index (χ3v) is 3.01. The first-order valence-electron chi connectivity index (χ1n) is 6.94. The van der Waals surface area contributed by atoms with Gasteiger partial charge in [0.2, 0.25) is 0 Å². The highest BCUT2D eigenvalue weighted by Gasteiger charge is 2.57. The Kier molecular flexibility index (Phi) is 5.60. The van der Waals surface area contributed by atoms with Gasteiger partial charge in [-0.3, -0.25) is 0 Å². The van der Waals surface area contributed by atoms with Crippen LogP contribution in [0.1, 0.15) is 66.2 Å². The Morgan fingerprint density at radius 3 is 2.33 bits per heavy atom. The number of unbranched alkanes of at least 4 members (excludes halogenated alkanes) is 2. The summed E-state index contributed by atoms with van der Waals surface area (Å²) in [4.78, 5) is 21.4. The molecular formula is C14H26O4. The summed E-state index contributed by atoms with van der Waals surface area (Å²) in [5.74, 6) is -1.45. The molecule has 106 valence electrons. The molecule has 4 nitrogen and oxygen atoms in total. The third-order valence-electron chi connectivity index (χ3n) is 3.01. The second kappa shape index (κ2) is 6.53. The lowest BCUT2D eigenvalue weighted by atomic mass is 9.89. The standard InChI is InChI=1S/C14H26O4/c1-5-6-11-16-12(15)14(17-18-14)10-8-7-9-13(2,3)4/h5-11H2,1-4H3. The summed E-state index contributed by atoms with van der Waals surface area (Å²) in [6.07, 6.45) is 5.60. The number of hydrogen-bond acceptors (Lipinski definition) is 4. The summed E-state index contributed by atoms with van der Waals surface area (Å²) < 4.78 is 5.12. The number of carbonyl (C=O) groups is 1. The van der Waals surface area contributed by atoms with Crippen molar-refractivity contribution in [3.8, 4) is 0 Å². The van der Waals surface area contributed by atoms with Crippen molar-refractivity contribution >= 4 is 5.97 Å². The maximum atomic E-state index is 11.7. The first-order chi connectivity index (χ1) is 8.40. The van der Waals surface area contributed by atoms with Crippen LogP contribution in [0.15, 0.2) is 0 Å². The summed E-state index contributed by atoms with van der Waals surface area (Å²) in [5.41, 5.74) is 0.333. The van der Waals surface area contributed by atoms with Crippen LogP contribution in [0.5, 0.6) is 0 Å². The quantitative estimate of drug-likeness (QED) is 0.289. The Morgan fingerprint density at radius 1 is 1.17 bits per heavy atom. The summed E-state index contributed by atoms with van der Waals surface area (Å²) in [6, 6.07) is 0. The topological polar surface area (TPSA) is 51.4 Å². The van der Waals surface area contributed by atoms with Gasteiger partial charge in [-0.05, 0) is 24.7 Å². The molecule has 1 rings (SSSR count). The molecule has 1 fully saturated rings. The van der Waals surface area contributed by atoms with E-state index in [4.69, 9.17) is 14.5 Å². The summed E-state index contributed by atoms with van der Waals surface area (Å²) in [5, 5.41) is 0. The van der Waals surface area contributed by atoms with Crippen LogP contribution in [-0.2, 0) is 19.3 Å². The zero-order valence-electron chi connectivity index (χ0n) is 12.1. The van der Waals surface area contributed by atoms with Gasteiger partial charge in [0.15, 0.2) is 0 Å². The zero-order valence-corrected chi connectivity index (χ0v) is 12.1. The van der Waals surface area contributed by atoms with Crippen LogP contribution >= 0.6 is 0 Å². The molecule has 0 aliphatic carbocycles. The molecule has 0 spiro atoms. The summed E-state index contributed by atoms with van der Waals surface area (Å²) in [7, 11) is 0. The van der Waals surface area contributed by atoms with Crippen LogP contribution in [0.2, 0.25) is 0 Å². The lowest BCUT2D eigenvalue weighted by molar-refractivity contribution is -0.151. The molecule has 0 aromatic carbocycles. The Labute approximate surface area is 110 Å². The van der Waals surface area contributed by atoms with Gasteiger partial charge in [0.1, 0.15) is 0 Å². The molecule has 1 heterocycles. The predicted octanol–water partition coefficient (Wildman–Crippen LogP) is 3.59. The fourth-order valence-corrected chi connectivity index (χ4v) is 1.74. The van der Waals surface area contributed by atoms with Gasteiger partial charge in [-0.2, -0.15) is 9.78 Å². The van der Waals surface area contributed by atoms with Crippen LogP contribution < -0.4 is 0 Å². The van der Waals surface area contributed by atoms with Gasteiger partial charge in [0, 0.05) is 6.42 Å². The van der Waals surface area contributed by atoms with Gasteiger partial charge in [-0.1, -0.05) is 40.5 Å². The number of esters is 1. The van der Waals surface area contributed by atoms with Crippen molar-refractivity contribution in [3.63, 3.8) is 0 Å². The van der Waals surface area contributed by atoms with E-state index in [1.165, 1.54) is 0 Å². The summed E-state index contributed by atoms with van der Waals surface area (Å²) in [6.45, 7) is 9.15. The van der Waals surface area contributed by atoms with E-state index in [9.17, 15) is 4.79 Å². The fourth-order valence-electron chi connectivity index (χ4n) is 1.74. The predicted molar refractivity (Wildman–Crippen MR) is 68.7 cm³/mol. The molecule has 0 saturated carbocycles. The molecule has 0 bridgehead atoms. The van der Waals surface area contributed by atoms with Crippen LogP contribution in [-0.4, -0.2) is 18.4 Å². The molecule has 0 aromatic rings. The minimum Gasteiger partial charge on any atom is -0.462 e. The van der Waals surface area contributed by atoms with Crippen molar-refractivity contribution in [2.75, 3.05) is 6.61 Å². The molecular weight excluding hydrogens is 232 g/mol. The van der Waals surface area contributed by atoms with Crippen molar-refractivity contribution in [2.45, 2.75) is 72.0 Å². The fraction of sp³-hybridized carbons (Fsp3) is 0.929. The minimum absolute atomic E-state index is 0.333. The molecule has 0 unspecified atom stereocenters. The Bertz CT molecular complexity index is 263. The van der Waals surface area contributed by atoms with Crippen molar-refractivity contribution < 1.29 is 19.3 Å². The van der Waals surface area contributed by atoms with E-state index < -0.39 is 5.79 Å². The third kappa shape index (κ3) is 5.36. The van der Waals surface area contributed by atoms with E-state index >= 15 is 0 Å². The average Bonchev–Trinajstić information content (AvgIpc) is 3.05. The van der Waals surface area contributed by atoms with Crippen molar-refractivity contribution in [1.29, 1.82) is 0 Å². The lowest BCUT2D eigenvalue weighted by Gasteiger charge is -2.17. The van der Waals surface area contributed by atoms with Gasteiger partial charge in [0.05, 0.1) is 6.61 Å². The van der Waals surface area contributed by atoms with Gasteiger partial charge in [-0.25, -0.2) is 4.79 Å². The number of hydrogen-bond donors (Lipinski definition) is 0. The number of carbonyl (C=O) groups excluding carboxylic acids is 1. The van der Waals surface area contributed by atoms with Crippen LogP contribution in [0.4, 0.5) is 0 Å². The summed E-state index contributed by atoms with van der Waals surface area (Å²) >= 11 is 0. The highest BCUT2D eigenvalue weighted by atomic mass is 17.4. The van der Waals surface area contributed by atoms with E-state index in [0.717, 1.165) is 32.1 Å². The van der Waals surface area contributed by atoms with Gasteiger partial charge < -0.3 is 4.74 Å². The van der Waals surface area contributed by atoms with Crippen LogP contribution in [0.3, 0.4) is 0 Å². The highest BCUT2D eigenvalue weighted by molar-refractivity contribution is 5.79. The van der Waals surface area contributed by atoms with E-state index in [0.29, 0.717) is 18.4 Å². The van der Waals surface area contributed by atoms with Crippen LogP contribution in [0.25, 0.3) is 0 Å². The zero-order chi connectivity index (χ0) is 13.6. The molecule has 0 amide bonds. The molecule has 0 aromatic heterocycles. The van der Waals surface area contributed by atoms with Crippen molar-refractivity contribution in [3.05, 3.63) is 0 Å². The number of rotatable bonds is 8. The monoisotopic (exact) mass is 258 g/mol. The average molecular weight is 258 g/mol. The van der Waals surface area contributed by atoms with E-state index in [1.54, 1.807) is 0 Å². The van der Waals surface area contributed by atoms with E-state index in [1.807, 2.05) is 0 Å². The van der Waals surface area contributed by atoms with Crippen LogP contribution in [0, 0.1) is 5.41 Å². The number of ether oxygens (including phenoxy) is 1. The molecule has 1 saturated heterocycles. The second-order valence-corrected chi connectivity index (χ2v) is 6.18. The SMILES string of the molecule is CCCCOC(=O)C1(CCCCC(C)(C)C)OO1. The maximum absolute atomic E-state index is 11.7. The smallest absolute Gasteiger partial charge is 0.372 e. The first-order valence-corrected chi connectivity index (χ1v) is 6.94. The molecule has 0 radical (unpaired) electrons. The second-order valence-electron chi connectivity index (χ2n) is 6.18. The molecule has 18 heavy (non-hydrogen) atoms. The normalized spacial score (nSPS) is 17.6.